The molecule has 1 N–H and O–H groups in total. The summed E-state index contributed by atoms with van der Waals surface area (Å²) < 4.78 is 5.83. The number of benzene rings is 4. The van der Waals surface area contributed by atoms with Crippen LogP contribution < -0.4 is 15.0 Å². The summed E-state index contributed by atoms with van der Waals surface area (Å²) in [5.41, 5.74) is 1.47. The number of thioether (sulfide) groups is 1. The third-order valence-corrected chi connectivity index (χ3v) is 6.21. The van der Waals surface area contributed by atoms with E-state index in [9.17, 15) is 9.59 Å². The van der Waals surface area contributed by atoms with E-state index in [-0.39, 0.29) is 11.6 Å². The van der Waals surface area contributed by atoms with Crippen molar-refractivity contribution in [3.63, 3.8) is 0 Å². The Bertz CT molecular complexity index is 1280. The fourth-order valence-corrected chi connectivity index (χ4v) is 4.46. The highest BCUT2D eigenvalue weighted by Gasteiger charge is 2.40. The Labute approximate surface area is 201 Å². The number of carbonyl (C=O) groups excluding carboxylic acids is 2. The van der Waals surface area contributed by atoms with Crippen LogP contribution in [0.25, 0.3) is 0 Å². The fraction of sp³-hybridized carbons (Fsp3) is 0. The molecule has 1 heterocycles. The fourth-order valence-electron chi connectivity index (χ4n) is 3.51. The van der Waals surface area contributed by atoms with Gasteiger partial charge in [0.1, 0.15) is 22.1 Å². The standard InChI is InChI=1S/C28H20N2O3S/c31-27-25(29-20-10-4-1-5-11-20)26(34-24-14-8-3-9-15-24)28(32)30(27)21-16-18-23(19-17-21)33-22-12-6-2-7-13-22/h1-19,29H. The van der Waals surface area contributed by atoms with E-state index in [0.29, 0.717) is 22.1 Å². The van der Waals surface area contributed by atoms with Gasteiger partial charge in [-0.3, -0.25) is 9.59 Å². The van der Waals surface area contributed by atoms with E-state index in [1.807, 2.05) is 91.0 Å². The number of imide groups is 1. The Kier molecular flexibility index (Phi) is 6.14. The van der Waals surface area contributed by atoms with Crippen LogP contribution in [0.2, 0.25) is 0 Å². The summed E-state index contributed by atoms with van der Waals surface area (Å²) in [6.45, 7) is 0. The van der Waals surface area contributed by atoms with E-state index in [2.05, 4.69) is 5.32 Å². The number of rotatable bonds is 7. The molecule has 34 heavy (non-hydrogen) atoms. The lowest BCUT2D eigenvalue weighted by atomic mass is 10.2. The van der Waals surface area contributed by atoms with Gasteiger partial charge in [-0.2, -0.15) is 0 Å². The second kappa shape index (κ2) is 9.68. The molecule has 0 fully saturated rings. The highest BCUT2D eigenvalue weighted by atomic mass is 32.2. The minimum atomic E-state index is -0.399. The van der Waals surface area contributed by atoms with E-state index in [4.69, 9.17) is 4.74 Å². The quantitative estimate of drug-likeness (QED) is 0.318. The summed E-state index contributed by atoms with van der Waals surface area (Å²) in [5, 5.41) is 3.16. The maximum absolute atomic E-state index is 13.5. The molecule has 0 radical (unpaired) electrons. The van der Waals surface area contributed by atoms with Gasteiger partial charge in [0.15, 0.2) is 0 Å². The van der Waals surface area contributed by atoms with Gasteiger partial charge in [-0.1, -0.05) is 66.4 Å². The zero-order valence-electron chi connectivity index (χ0n) is 18.0. The van der Waals surface area contributed by atoms with Crippen LogP contribution in [0, 0.1) is 0 Å². The highest BCUT2D eigenvalue weighted by molar-refractivity contribution is 8.04. The monoisotopic (exact) mass is 464 g/mol. The first-order valence-corrected chi connectivity index (χ1v) is 11.5. The van der Waals surface area contributed by atoms with Crippen molar-refractivity contribution in [2.75, 3.05) is 10.2 Å². The number of anilines is 2. The molecule has 1 aliphatic rings. The maximum Gasteiger partial charge on any atom is 0.283 e. The molecule has 0 aromatic heterocycles. The SMILES string of the molecule is O=C1C(Nc2ccccc2)=C(Sc2ccccc2)C(=O)N1c1ccc(Oc2ccccc2)cc1. The number of ether oxygens (including phenoxy) is 1. The molecule has 0 saturated carbocycles. The molecule has 4 aromatic rings. The van der Waals surface area contributed by atoms with Gasteiger partial charge in [-0.15, -0.1) is 0 Å². The summed E-state index contributed by atoms with van der Waals surface area (Å²) in [5.74, 6) is 0.558. The number of amides is 2. The van der Waals surface area contributed by atoms with Crippen LogP contribution >= 0.6 is 11.8 Å². The van der Waals surface area contributed by atoms with Crippen molar-refractivity contribution in [1.82, 2.24) is 0 Å². The number of nitrogens with zero attached hydrogens (tertiary/aromatic N) is 1. The molecule has 0 atom stereocenters. The number of carbonyl (C=O) groups is 2. The second-order valence-electron chi connectivity index (χ2n) is 7.46. The average Bonchev–Trinajstić information content (AvgIpc) is 3.10. The minimum Gasteiger partial charge on any atom is -0.457 e. The van der Waals surface area contributed by atoms with Gasteiger partial charge >= 0.3 is 0 Å². The van der Waals surface area contributed by atoms with Crippen molar-refractivity contribution in [3.05, 3.63) is 126 Å². The molecule has 0 spiro atoms. The van der Waals surface area contributed by atoms with Gasteiger partial charge < -0.3 is 10.1 Å². The molecule has 4 aromatic carbocycles. The minimum absolute atomic E-state index is 0.259. The summed E-state index contributed by atoms with van der Waals surface area (Å²) in [7, 11) is 0. The summed E-state index contributed by atoms with van der Waals surface area (Å²) in [6, 6.07) is 35.2. The van der Waals surface area contributed by atoms with E-state index < -0.39 is 5.91 Å². The second-order valence-corrected chi connectivity index (χ2v) is 8.55. The Morgan fingerprint density at radius 1 is 0.618 bits per heavy atom. The zero-order valence-corrected chi connectivity index (χ0v) is 18.9. The lowest BCUT2D eigenvalue weighted by Gasteiger charge is -2.16. The molecule has 0 bridgehead atoms. The number of nitrogens with one attached hydrogen (secondary N) is 1. The van der Waals surface area contributed by atoms with Crippen LogP contribution in [0.4, 0.5) is 11.4 Å². The Morgan fingerprint density at radius 3 is 1.82 bits per heavy atom. The smallest absolute Gasteiger partial charge is 0.283 e. The summed E-state index contributed by atoms with van der Waals surface area (Å²) in [6.07, 6.45) is 0. The van der Waals surface area contributed by atoms with Gasteiger partial charge in [-0.25, -0.2) is 4.90 Å². The van der Waals surface area contributed by atoms with Crippen molar-refractivity contribution in [2.24, 2.45) is 0 Å². The molecular weight excluding hydrogens is 444 g/mol. The van der Waals surface area contributed by atoms with Crippen LogP contribution in [0.5, 0.6) is 11.5 Å². The lowest BCUT2D eigenvalue weighted by Crippen LogP contribution is -2.32. The number of hydrogen-bond acceptors (Lipinski definition) is 5. The topological polar surface area (TPSA) is 58.6 Å². The first-order chi connectivity index (χ1) is 16.7. The number of hydrogen-bond donors (Lipinski definition) is 1. The van der Waals surface area contributed by atoms with Crippen molar-refractivity contribution in [3.8, 4) is 11.5 Å². The third-order valence-electron chi connectivity index (χ3n) is 5.12. The Balaban J connectivity index is 1.44. The first kappa shape index (κ1) is 21.6. The molecular formula is C28H20N2O3S. The zero-order chi connectivity index (χ0) is 23.3. The average molecular weight is 465 g/mol. The summed E-state index contributed by atoms with van der Waals surface area (Å²) in [4.78, 5) is 29.3. The highest BCUT2D eigenvalue weighted by Crippen LogP contribution is 2.38. The van der Waals surface area contributed by atoms with E-state index >= 15 is 0 Å². The molecule has 0 unspecified atom stereocenters. The van der Waals surface area contributed by atoms with Gasteiger partial charge in [0.25, 0.3) is 11.8 Å². The van der Waals surface area contributed by atoms with E-state index in [1.165, 1.54) is 16.7 Å². The predicted molar refractivity (Wildman–Crippen MR) is 135 cm³/mol. The molecule has 0 aliphatic carbocycles. The van der Waals surface area contributed by atoms with Gasteiger partial charge in [0.2, 0.25) is 0 Å². The van der Waals surface area contributed by atoms with Crippen LogP contribution in [0.1, 0.15) is 0 Å². The van der Waals surface area contributed by atoms with Crippen LogP contribution in [-0.4, -0.2) is 11.8 Å². The van der Waals surface area contributed by atoms with E-state index in [0.717, 1.165) is 10.6 Å². The van der Waals surface area contributed by atoms with Crippen LogP contribution in [0.15, 0.2) is 131 Å². The Hall–Kier alpha value is -4.29. The van der Waals surface area contributed by atoms with Crippen molar-refractivity contribution in [1.29, 1.82) is 0 Å². The maximum atomic E-state index is 13.5. The molecule has 2 amide bonds. The van der Waals surface area contributed by atoms with Crippen molar-refractivity contribution >= 4 is 35.0 Å². The molecule has 5 nitrogen and oxygen atoms in total. The normalized spacial score (nSPS) is 13.4. The van der Waals surface area contributed by atoms with Crippen molar-refractivity contribution < 1.29 is 14.3 Å². The Morgan fingerprint density at radius 2 is 1.18 bits per heavy atom. The van der Waals surface area contributed by atoms with Gasteiger partial charge in [-0.05, 0) is 60.7 Å². The molecule has 6 heteroatoms. The van der Waals surface area contributed by atoms with Crippen LogP contribution in [-0.2, 0) is 9.59 Å². The third kappa shape index (κ3) is 4.58. The number of para-hydroxylation sites is 2. The molecule has 0 saturated heterocycles. The summed E-state index contributed by atoms with van der Waals surface area (Å²) >= 11 is 1.27. The van der Waals surface area contributed by atoms with E-state index in [1.54, 1.807) is 24.3 Å². The first-order valence-electron chi connectivity index (χ1n) is 10.7. The van der Waals surface area contributed by atoms with Crippen molar-refractivity contribution in [2.45, 2.75) is 4.90 Å². The molecule has 1 aliphatic heterocycles. The lowest BCUT2D eigenvalue weighted by molar-refractivity contribution is -0.120. The van der Waals surface area contributed by atoms with Gasteiger partial charge in [0.05, 0.1) is 5.69 Å². The predicted octanol–water partition coefficient (Wildman–Crippen LogP) is 6.47. The molecule has 5 rings (SSSR count). The largest absolute Gasteiger partial charge is 0.457 e. The van der Waals surface area contributed by atoms with Gasteiger partial charge in [0, 0.05) is 10.6 Å². The molecule has 166 valence electrons. The van der Waals surface area contributed by atoms with Crippen LogP contribution in [0.3, 0.4) is 0 Å².